The summed E-state index contributed by atoms with van der Waals surface area (Å²) in [5.74, 6) is 0.967. The zero-order chi connectivity index (χ0) is 13.7. The average molecular weight is 261 g/mol. The molecule has 19 heavy (non-hydrogen) atoms. The smallest absolute Gasteiger partial charge is 0.112 e. The van der Waals surface area contributed by atoms with Gasteiger partial charge in [-0.3, -0.25) is 0 Å². The van der Waals surface area contributed by atoms with E-state index in [1.807, 2.05) is 18.2 Å². The monoisotopic (exact) mass is 261 g/mol. The Hall–Kier alpha value is -1.39. The van der Waals surface area contributed by atoms with E-state index in [1.165, 1.54) is 0 Å². The fraction of sp³-hybridized carbons (Fsp3) is 0.533. The Kier molecular flexibility index (Phi) is 4.93. The van der Waals surface area contributed by atoms with E-state index in [0.717, 1.165) is 36.4 Å². The highest BCUT2D eigenvalue weighted by Gasteiger charge is 2.13. The molecule has 1 heterocycles. The Bertz CT molecular complexity index is 521. The van der Waals surface area contributed by atoms with Gasteiger partial charge >= 0.3 is 0 Å². The molecule has 2 aromatic rings. The van der Waals surface area contributed by atoms with Crippen molar-refractivity contribution >= 4 is 11.0 Å². The number of nitrogens with one attached hydrogen (secondary N) is 1. The third kappa shape index (κ3) is 3.33. The number of fused-ring (bicyclic) bond motifs is 1. The Morgan fingerprint density at radius 1 is 1.32 bits per heavy atom. The van der Waals surface area contributed by atoms with Gasteiger partial charge in [-0.25, -0.2) is 4.98 Å². The number of rotatable bonds is 7. The quantitative estimate of drug-likeness (QED) is 0.749. The highest BCUT2D eigenvalue weighted by molar-refractivity contribution is 5.75. The Morgan fingerprint density at radius 3 is 2.84 bits per heavy atom. The predicted octanol–water partition coefficient (Wildman–Crippen LogP) is 1.96. The largest absolute Gasteiger partial charge is 0.391 e. The van der Waals surface area contributed by atoms with Crippen LogP contribution in [-0.2, 0) is 13.0 Å². The number of nitrogens with zero attached hydrogens (tertiary/aromatic N) is 2. The predicted molar refractivity (Wildman–Crippen MR) is 78.3 cm³/mol. The van der Waals surface area contributed by atoms with Crippen molar-refractivity contribution in [1.82, 2.24) is 14.9 Å². The van der Waals surface area contributed by atoms with E-state index in [1.54, 1.807) is 0 Å². The van der Waals surface area contributed by atoms with Crippen LogP contribution in [0.5, 0.6) is 0 Å². The Labute approximate surface area is 114 Å². The molecule has 4 nitrogen and oxygen atoms in total. The number of para-hydroxylation sites is 2. The van der Waals surface area contributed by atoms with Crippen LogP contribution < -0.4 is 5.32 Å². The zero-order valence-corrected chi connectivity index (χ0v) is 11.8. The first kappa shape index (κ1) is 14.0. The number of imidazole rings is 1. The number of hydrogen-bond acceptors (Lipinski definition) is 3. The number of hydrogen-bond donors (Lipinski definition) is 2. The molecule has 0 radical (unpaired) electrons. The Morgan fingerprint density at radius 2 is 2.11 bits per heavy atom. The molecular formula is C15H23N3O. The van der Waals surface area contributed by atoms with Crippen LogP contribution in [0.4, 0.5) is 0 Å². The number of aromatic nitrogens is 2. The van der Waals surface area contributed by atoms with Crippen LogP contribution in [0.15, 0.2) is 24.3 Å². The SMILES string of the molecule is CCCNCC(O)Cc1nc2ccccc2n1CC. The van der Waals surface area contributed by atoms with E-state index in [4.69, 9.17) is 0 Å². The lowest BCUT2D eigenvalue weighted by Gasteiger charge is -2.12. The molecule has 2 rings (SSSR count). The van der Waals surface area contributed by atoms with Crippen molar-refractivity contribution in [2.24, 2.45) is 0 Å². The van der Waals surface area contributed by atoms with Crippen molar-refractivity contribution in [3.63, 3.8) is 0 Å². The second kappa shape index (κ2) is 6.68. The summed E-state index contributed by atoms with van der Waals surface area (Å²) in [6.45, 7) is 6.68. The number of aliphatic hydroxyl groups is 1. The minimum Gasteiger partial charge on any atom is -0.391 e. The summed E-state index contributed by atoms with van der Waals surface area (Å²) in [6, 6.07) is 8.13. The molecule has 1 aromatic carbocycles. The van der Waals surface area contributed by atoms with Gasteiger partial charge in [0.05, 0.1) is 17.1 Å². The number of benzene rings is 1. The van der Waals surface area contributed by atoms with Gasteiger partial charge in [-0.2, -0.15) is 0 Å². The molecular weight excluding hydrogens is 238 g/mol. The summed E-state index contributed by atoms with van der Waals surface area (Å²) in [7, 11) is 0. The molecule has 2 N–H and O–H groups in total. The van der Waals surface area contributed by atoms with Crippen molar-refractivity contribution in [3.05, 3.63) is 30.1 Å². The zero-order valence-electron chi connectivity index (χ0n) is 11.8. The first-order chi connectivity index (χ1) is 9.26. The van der Waals surface area contributed by atoms with Gasteiger partial charge in [-0.05, 0) is 32.0 Å². The minimum absolute atomic E-state index is 0.381. The molecule has 0 saturated heterocycles. The average Bonchev–Trinajstić information content (AvgIpc) is 2.76. The van der Waals surface area contributed by atoms with E-state index < -0.39 is 0 Å². The molecule has 0 spiro atoms. The number of aliphatic hydroxyl groups excluding tert-OH is 1. The second-order valence-electron chi connectivity index (χ2n) is 4.82. The standard InChI is InChI=1S/C15H23N3O/c1-3-9-16-11-12(19)10-15-17-13-7-5-6-8-14(13)18(15)4-2/h5-8,12,16,19H,3-4,9-11H2,1-2H3. The summed E-state index contributed by atoms with van der Waals surface area (Å²) in [4.78, 5) is 4.63. The maximum Gasteiger partial charge on any atom is 0.112 e. The van der Waals surface area contributed by atoms with Crippen LogP contribution in [0.2, 0.25) is 0 Å². The van der Waals surface area contributed by atoms with E-state index >= 15 is 0 Å². The van der Waals surface area contributed by atoms with E-state index in [0.29, 0.717) is 13.0 Å². The van der Waals surface area contributed by atoms with E-state index in [9.17, 15) is 5.11 Å². The summed E-state index contributed by atoms with van der Waals surface area (Å²) < 4.78 is 2.18. The molecule has 1 aromatic heterocycles. The summed E-state index contributed by atoms with van der Waals surface area (Å²) in [6.07, 6.45) is 1.30. The fourth-order valence-electron chi connectivity index (χ4n) is 2.36. The van der Waals surface area contributed by atoms with Gasteiger partial charge in [0.1, 0.15) is 5.82 Å². The van der Waals surface area contributed by atoms with Crippen LogP contribution >= 0.6 is 0 Å². The fourth-order valence-corrected chi connectivity index (χ4v) is 2.36. The molecule has 0 amide bonds. The van der Waals surface area contributed by atoms with Crippen LogP contribution in [0.25, 0.3) is 11.0 Å². The first-order valence-corrected chi connectivity index (χ1v) is 7.09. The third-order valence-electron chi connectivity index (χ3n) is 3.27. The van der Waals surface area contributed by atoms with Crippen LogP contribution in [-0.4, -0.2) is 33.9 Å². The van der Waals surface area contributed by atoms with Gasteiger partial charge in [0.15, 0.2) is 0 Å². The van der Waals surface area contributed by atoms with Crippen LogP contribution in [0.3, 0.4) is 0 Å². The van der Waals surface area contributed by atoms with Gasteiger partial charge < -0.3 is 15.0 Å². The minimum atomic E-state index is -0.381. The summed E-state index contributed by atoms with van der Waals surface area (Å²) in [5, 5.41) is 13.3. The highest BCUT2D eigenvalue weighted by Crippen LogP contribution is 2.16. The first-order valence-electron chi connectivity index (χ1n) is 7.09. The van der Waals surface area contributed by atoms with E-state index in [-0.39, 0.29) is 6.10 Å². The maximum absolute atomic E-state index is 10.1. The van der Waals surface area contributed by atoms with Crippen molar-refractivity contribution in [2.75, 3.05) is 13.1 Å². The topological polar surface area (TPSA) is 50.1 Å². The summed E-state index contributed by atoms with van der Waals surface area (Å²) in [5.41, 5.74) is 2.15. The normalized spacial score (nSPS) is 13.0. The van der Waals surface area contributed by atoms with Crippen molar-refractivity contribution in [3.8, 4) is 0 Å². The van der Waals surface area contributed by atoms with Crippen molar-refractivity contribution in [1.29, 1.82) is 0 Å². The van der Waals surface area contributed by atoms with Crippen molar-refractivity contribution < 1.29 is 5.11 Å². The molecule has 0 aliphatic heterocycles. The molecule has 1 atom stereocenters. The van der Waals surface area contributed by atoms with Gasteiger partial charge in [-0.1, -0.05) is 19.1 Å². The van der Waals surface area contributed by atoms with Crippen LogP contribution in [0.1, 0.15) is 26.1 Å². The van der Waals surface area contributed by atoms with Gasteiger partial charge in [0.2, 0.25) is 0 Å². The lowest BCUT2D eigenvalue weighted by molar-refractivity contribution is 0.168. The van der Waals surface area contributed by atoms with Gasteiger partial charge in [-0.15, -0.1) is 0 Å². The molecule has 0 aliphatic rings. The molecule has 1 unspecified atom stereocenters. The van der Waals surface area contributed by atoms with Crippen LogP contribution in [0, 0.1) is 0 Å². The molecule has 0 bridgehead atoms. The second-order valence-corrected chi connectivity index (χ2v) is 4.82. The highest BCUT2D eigenvalue weighted by atomic mass is 16.3. The van der Waals surface area contributed by atoms with Gasteiger partial charge in [0, 0.05) is 19.5 Å². The summed E-state index contributed by atoms with van der Waals surface area (Å²) >= 11 is 0. The van der Waals surface area contributed by atoms with E-state index in [2.05, 4.69) is 34.8 Å². The number of aryl methyl sites for hydroxylation is 1. The lowest BCUT2D eigenvalue weighted by atomic mass is 10.2. The molecule has 104 valence electrons. The van der Waals surface area contributed by atoms with Gasteiger partial charge in [0.25, 0.3) is 0 Å². The Balaban J connectivity index is 2.11. The maximum atomic E-state index is 10.1. The molecule has 4 heteroatoms. The molecule has 0 aliphatic carbocycles. The lowest BCUT2D eigenvalue weighted by Crippen LogP contribution is -2.29. The molecule has 0 fully saturated rings. The molecule has 0 saturated carbocycles. The third-order valence-corrected chi connectivity index (χ3v) is 3.27. The van der Waals surface area contributed by atoms with Crippen molar-refractivity contribution in [2.45, 2.75) is 39.3 Å².